The molecule has 1 unspecified atom stereocenters. The molecule has 138 valence electrons. The quantitative estimate of drug-likeness (QED) is 0.704. The summed E-state index contributed by atoms with van der Waals surface area (Å²) in [5, 5.41) is 0.252. The molecule has 2 aromatic carbocycles. The third-order valence-electron chi connectivity index (χ3n) is 5.28. The number of carbonyl (C=O) groups is 2. The fourth-order valence-electron chi connectivity index (χ4n) is 4.15. The maximum atomic E-state index is 14.6. The minimum Gasteiger partial charge on any atom is -0.294 e. The first kappa shape index (κ1) is 17.9. The zero-order chi connectivity index (χ0) is 19.1. The van der Waals surface area contributed by atoms with Crippen LogP contribution >= 0.6 is 11.6 Å². The number of hydrogen-bond donors (Lipinski definition) is 0. The summed E-state index contributed by atoms with van der Waals surface area (Å²) in [7, 11) is 0. The molecule has 0 bridgehead atoms. The molecular weight excluding hydrogens is 365 g/mol. The van der Waals surface area contributed by atoms with Crippen LogP contribution in [0.5, 0.6) is 0 Å². The van der Waals surface area contributed by atoms with Crippen LogP contribution in [-0.4, -0.2) is 11.7 Å². The van der Waals surface area contributed by atoms with E-state index in [1.54, 1.807) is 11.0 Å². The topological polar surface area (TPSA) is 37.4 Å². The highest BCUT2D eigenvalue weighted by Crippen LogP contribution is 2.45. The molecule has 1 heterocycles. The number of anilines is 1. The molecule has 0 saturated heterocycles. The SMILES string of the molecule is Cc1cccc(N2C(=O)CC(c3c(F)cccc3Cl)C3=C2CCCC3=O)c1. The first-order valence-corrected chi connectivity index (χ1v) is 9.45. The fourth-order valence-corrected chi connectivity index (χ4v) is 4.44. The van der Waals surface area contributed by atoms with Gasteiger partial charge in [-0.05, 0) is 49.6 Å². The molecule has 2 aliphatic rings. The van der Waals surface area contributed by atoms with Crippen LogP contribution in [0.3, 0.4) is 0 Å². The smallest absolute Gasteiger partial charge is 0.232 e. The highest BCUT2D eigenvalue weighted by Gasteiger charge is 2.41. The van der Waals surface area contributed by atoms with Gasteiger partial charge in [-0.25, -0.2) is 4.39 Å². The fraction of sp³-hybridized carbons (Fsp3) is 0.273. The number of ketones is 1. The third kappa shape index (κ3) is 3.08. The zero-order valence-electron chi connectivity index (χ0n) is 15.0. The van der Waals surface area contributed by atoms with Crippen LogP contribution in [0.25, 0.3) is 0 Å². The summed E-state index contributed by atoms with van der Waals surface area (Å²) in [5.41, 5.74) is 3.26. The van der Waals surface area contributed by atoms with Crippen molar-refractivity contribution in [2.24, 2.45) is 0 Å². The van der Waals surface area contributed by atoms with Crippen LogP contribution in [0.15, 0.2) is 53.7 Å². The molecule has 27 heavy (non-hydrogen) atoms. The van der Waals surface area contributed by atoms with Crippen molar-refractivity contribution in [2.45, 2.75) is 38.5 Å². The van der Waals surface area contributed by atoms with Gasteiger partial charge >= 0.3 is 0 Å². The molecule has 0 N–H and O–H groups in total. The van der Waals surface area contributed by atoms with Gasteiger partial charge in [-0.15, -0.1) is 0 Å². The van der Waals surface area contributed by atoms with Crippen molar-refractivity contribution in [3.63, 3.8) is 0 Å². The molecule has 0 saturated carbocycles. The Morgan fingerprint density at radius 1 is 1.11 bits per heavy atom. The Hall–Kier alpha value is -2.46. The second kappa shape index (κ2) is 6.93. The van der Waals surface area contributed by atoms with E-state index >= 15 is 0 Å². The van der Waals surface area contributed by atoms with Gasteiger partial charge in [0.1, 0.15) is 5.82 Å². The molecule has 1 aliphatic heterocycles. The minimum atomic E-state index is -0.630. The van der Waals surface area contributed by atoms with Crippen LogP contribution in [0.2, 0.25) is 5.02 Å². The summed E-state index contributed by atoms with van der Waals surface area (Å²) < 4.78 is 14.6. The number of rotatable bonds is 2. The molecule has 0 aromatic heterocycles. The highest BCUT2D eigenvalue weighted by atomic mass is 35.5. The van der Waals surface area contributed by atoms with E-state index in [0.717, 1.165) is 11.3 Å². The normalized spacial score (nSPS) is 20.1. The number of allylic oxidation sites excluding steroid dienone is 2. The Morgan fingerprint density at radius 3 is 2.63 bits per heavy atom. The number of aryl methyl sites for hydroxylation is 1. The lowest BCUT2D eigenvalue weighted by molar-refractivity contribution is -0.119. The predicted octanol–water partition coefficient (Wildman–Crippen LogP) is 5.32. The summed E-state index contributed by atoms with van der Waals surface area (Å²) in [4.78, 5) is 27.6. The summed E-state index contributed by atoms with van der Waals surface area (Å²) in [6.07, 6.45) is 1.74. The number of hydrogen-bond acceptors (Lipinski definition) is 2. The summed E-state index contributed by atoms with van der Waals surface area (Å²) in [6.45, 7) is 1.96. The van der Waals surface area contributed by atoms with Crippen molar-refractivity contribution in [3.8, 4) is 0 Å². The zero-order valence-corrected chi connectivity index (χ0v) is 15.7. The van der Waals surface area contributed by atoms with Gasteiger partial charge in [0.2, 0.25) is 5.91 Å². The Balaban J connectivity index is 1.91. The van der Waals surface area contributed by atoms with E-state index in [4.69, 9.17) is 11.6 Å². The molecule has 0 spiro atoms. The first-order valence-electron chi connectivity index (χ1n) is 9.07. The van der Waals surface area contributed by atoms with Crippen LogP contribution in [0, 0.1) is 12.7 Å². The van der Waals surface area contributed by atoms with Gasteiger partial charge in [0.05, 0.1) is 0 Å². The molecule has 1 aliphatic carbocycles. The van der Waals surface area contributed by atoms with Crippen molar-refractivity contribution in [2.75, 3.05) is 4.90 Å². The molecule has 5 heteroatoms. The average molecular weight is 384 g/mol. The first-order chi connectivity index (χ1) is 13.0. The minimum absolute atomic E-state index is 0.0225. The van der Waals surface area contributed by atoms with Crippen molar-refractivity contribution in [1.82, 2.24) is 0 Å². The Bertz CT molecular complexity index is 962. The van der Waals surface area contributed by atoms with Gasteiger partial charge in [0, 0.05) is 46.3 Å². The van der Waals surface area contributed by atoms with Gasteiger partial charge in [0.25, 0.3) is 0 Å². The summed E-state index contributed by atoms with van der Waals surface area (Å²) in [5.74, 6) is -1.27. The average Bonchev–Trinajstić information content (AvgIpc) is 2.61. The Morgan fingerprint density at radius 2 is 1.89 bits per heavy atom. The summed E-state index contributed by atoms with van der Waals surface area (Å²) >= 11 is 6.26. The molecule has 4 rings (SSSR count). The standard InChI is InChI=1S/C22H19ClFNO2/c1-13-5-2-6-14(11-13)25-18-9-4-10-19(26)22(18)15(12-20(25)27)21-16(23)7-3-8-17(21)24/h2-3,5-8,11,15H,4,9-10,12H2,1H3. The van der Waals surface area contributed by atoms with E-state index in [9.17, 15) is 14.0 Å². The number of nitrogens with zero attached hydrogens (tertiary/aromatic N) is 1. The van der Waals surface area contributed by atoms with Crippen molar-refractivity contribution in [1.29, 1.82) is 0 Å². The molecule has 0 fully saturated rings. The second-order valence-corrected chi connectivity index (χ2v) is 7.50. The molecule has 1 atom stereocenters. The number of Topliss-reactive ketones (excluding diaryl/α,β-unsaturated/α-hetero) is 1. The molecular formula is C22H19ClFNO2. The maximum absolute atomic E-state index is 14.6. The highest BCUT2D eigenvalue weighted by molar-refractivity contribution is 6.31. The summed E-state index contributed by atoms with van der Waals surface area (Å²) in [6, 6.07) is 12.1. The number of benzene rings is 2. The van der Waals surface area contributed by atoms with Crippen LogP contribution in [-0.2, 0) is 9.59 Å². The molecule has 1 amide bonds. The number of amides is 1. The largest absolute Gasteiger partial charge is 0.294 e. The van der Waals surface area contributed by atoms with E-state index in [2.05, 4.69) is 0 Å². The van der Waals surface area contributed by atoms with E-state index in [0.29, 0.717) is 30.5 Å². The van der Waals surface area contributed by atoms with Crippen molar-refractivity contribution in [3.05, 3.63) is 75.7 Å². The van der Waals surface area contributed by atoms with Crippen LogP contribution < -0.4 is 4.90 Å². The van der Waals surface area contributed by atoms with E-state index in [-0.39, 0.29) is 28.7 Å². The van der Waals surface area contributed by atoms with E-state index < -0.39 is 11.7 Å². The van der Waals surface area contributed by atoms with Crippen LogP contribution in [0.4, 0.5) is 10.1 Å². The van der Waals surface area contributed by atoms with Gasteiger partial charge in [-0.2, -0.15) is 0 Å². The lowest BCUT2D eigenvalue weighted by atomic mass is 9.77. The van der Waals surface area contributed by atoms with Crippen molar-refractivity contribution < 1.29 is 14.0 Å². The predicted molar refractivity (Wildman–Crippen MR) is 103 cm³/mol. The lowest BCUT2D eigenvalue weighted by Gasteiger charge is -2.38. The molecule has 2 aromatic rings. The Kier molecular flexibility index (Phi) is 4.60. The van der Waals surface area contributed by atoms with Crippen LogP contribution in [0.1, 0.15) is 42.7 Å². The second-order valence-electron chi connectivity index (χ2n) is 7.10. The molecule has 0 radical (unpaired) electrons. The number of halogens is 2. The van der Waals surface area contributed by atoms with Gasteiger partial charge < -0.3 is 0 Å². The van der Waals surface area contributed by atoms with Gasteiger partial charge in [-0.1, -0.05) is 29.8 Å². The monoisotopic (exact) mass is 383 g/mol. The maximum Gasteiger partial charge on any atom is 0.232 e. The van der Waals surface area contributed by atoms with E-state index in [1.807, 2.05) is 31.2 Å². The van der Waals surface area contributed by atoms with Gasteiger partial charge in [-0.3, -0.25) is 14.5 Å². The van der Waals surface area contributed by atoms with Gasteiger partial charge in [0.15, 0.2) is 5.78 Å². The lowest BCUT2D eigenvalue weighted by Crippen LogP contribution is -2.40. The Labute approximate surface area is 162 Å². The third-order valence-corrected chi connectivity index (χ3v) is 5.61. The van der Waals surface area contributed by atoms with Crippen molar-refractivity contribution >= 4 is 29.0 Å². The van der Waals surface area contributed by atoms with E-state index in [1.165, 1.54) is 12.1 Å². The molecule has 3 nitrogen and oxygen atoms in total. The number of carbonyl (C=O) groups excluding carboxylic acids is 2.